The predicted molar refractivity (Wildman–Crippen MR) is 281 cm³/mol. The van der Waals surface area contributed by atoms with E-state index in [1.54, 1.807) is 6.08 Å². The number of nitrogens with one attached hydrogen (secondary N) is 1. The lowest BCUT2D eigenvalue weighted by Crippen LogP contribution is -2.45. The molecule has 0 aliphatic carbocycles. The second-order valence-electron chi connectivity index (χ2n) is 20.3. The molecule has 0 saturated heterocycles. The van der Waals surface area contributed by atoms with Gasteiger partial charge in [-0.25, -0.2) is 4.57 Å². The highest BCUT2D eigenvalue weighted by atomic mass is 31.2. The lowest BCUT2D eigenvalue weighted by Gasteiger charge is -2.25. The van der Waals surface area contributed by atoms with Gasteiger partial charge in [-0.15, -0.1) is 0 Å². The minimum atomic E-state index is -4.35. The molecule has 0 aliphatic rings. The smallest absolute Gasteiger partial charge is 0.387 e. The van der Waals surface area contributed by atoms with Crippen LogP contribution in [0.3, 0.4) is 0 Å². The predicted octanol–water partition coefficient (Wildman–Crippen LogP) is 16.6. The first-order valence-electron chi connectivity index (χ1n) is 27.9. The van der Waals surface area contributed by atoms with Gasteiger partial charge in [0.05, 0.1) is 39.9 Å². The molecule has 3 N–H and O–H groups in total. The number of hydrogen-bond acceptors (Lipinski definition) is 5. The van der Waals surface area contributed by atoms with Gasteiger partial charge in [0, 0.05) is 6.42 Å². The van der Waals surface area contributed by atoms with E-state index in [-0.39, 0.29) is 19.1 Å². The fraction of sp³-hybridized carbons (Fsp3) is 0.875. The molecule has 0 aliphatic heterocycles. The van der Waals surface area contributed by atoms with Crippen molar-refractivity contribution < 1.29 is 32.9 Å². The molecule has 3 unspecified atom stereocenters. The number of rotatable bonds is 51. The zero-order valence-electron chi connectivity index (χ0n) is 43.7. The largest absolute Gasteiger partial charge is 0.472 e. The van der Waals surface area contributed by atoms with E-state index in [9.17, 15) is 19.4 Å². The summed E-state index contributed by atoms with van der Waals surface area (Å²) in [7, 11) is 1.55. The van der Waals surface area contributed by atoms with Gasteiger partial charge in [-0.3, -0.25) is 13.8 Å². The number of unbranched alkanes of at least 4 members (excludes halogenated alkanes) is 34. The third-order valence-corrected chi connectivity index (χ3v) is 13.6. The maximum absolute atomic E-state index is 12.9. The Morgan fingerprint density at radius 3 is 1.23 bits per heavy atom. The van der Waals surface area contributed by atoms with Crippen molar-refractivity contribution in [1.29, 1.82) is 0 Å². The number of amides is 1. The van der Waals surface area contributed by atoms with Crippen molar-refractivity contribution in [3.63, 3.8) is 0 Å². The molecule has 8 nitrogen and oxygen atoms in total. The molecule has 3 atom stereocenters. The maximum Gasteiger partial charge on any atom is 0.472 e. The van der Waals surface area contributed by atoms with E-state index in [4.69, 9.17) is 9.05 Å². The van der Waals surface area contributed by atoms with E-state index >= 15 is 0 Å². The molecular formula is C56H110N2O6P+. The average Bonchev–Trinajstić information content (AvgIpc) is 3.26. The third kappa shape index (κ3) is 50.4. The second-order valence-corrected chi connectivity index (χ2v) is 21.8. The monoisotopic (exact) mass is 938 g/mol. The standard InChI is InChI=1S/C56H109N2O6P/c1-6-8-10-12-14-16-18-20-21-22-23-24-25-26-27-28-29-30-31-32-33-34-35-36-37-38-39-41-43-45-47-49-55(59)54(53-64-65(61,62)63-52-51-58(3,4)5)57-56(60)50-48-46-44-42-40-19-17-15-13-11-9-7-2/h35-36,39,41,47,49,54-55,59H,6-34,37-38,40,42-46,48,50-53H2,1-5H3,(H-,57,60,61,62)/p+1/b36-35+,41-39+,49-47+. The van der Waals surface area contributed by atoms with Crippen molar-refractivity contribution in [3.8, 4) is 0 Å². The molecule has 0 fully saturated rings. The highest BCUT2D eigenvalue weighted by Crippen LogP contribution is 2.43. The SMILES string of the molecule is CCCCCCCCCCCCCCCCCCCCCCC/C=C/CC/C=C/CC/C=C/C(O)C(COP(=O)(O)OCC[N+](C)(C)C)NC(=O)CCCCCCCCCCCCCC. The number of hydrogen-bond donors (Lipinski definition) is 3. The van der Waals surface area contributed by atoms with Crippen LogP contribution in [-0.4, -0.2) is 73.4 Å². The Bertz CT molecular complexity index is 1150. The number of phosphoric ester groups is 1. The minimum absolute atomic E-state index is 0.0548. The highest BCUT2D eigenvalue weighted by Gasteiger charge is 2.27. The van der Waals surface area contributed by atoms with Crippen LogP contribution in [0.5, 0.6) is 0 Å². The Morgan fingerprint density at radius 2 is 0.846 bits per heavy atom. The lowest BCUT2D eigenvalue weighted by molar-refractivity contribution is -0.870. The Labute approximate surface area is 404 Å². The molecule has 0 spiro atoms. The molecule has 384 valence electrons. The normalized spacial score (nSPS) is 14.3. The van der Waals surface area contributed by atoms with Crippen LogP contribution in [-0.2, 0) is 18.4 Å². The highest BCUT2D eigenvalue weighted by molar-refractivity contribution is 7.47. The quantitative estimate of drug-likeness (QED) is 0.0243. The molecule has 1 amide bonds. The van der Waals surface area contributed by atoms with Gasteiger partial charge in [0.2, 0.25) is 5.91 Å². The van der Waals surface area contributed by atoms with Crippen molar-refractivity contribution in [3.05, 3.63) is 36.5 Å². The Kier molecular flexibility index (Phi) is 46.8. The Balaban J connectivity index is 4.16. The van der Waals surface area contributed by atoms with Gasteiger partial charge in [0.15, 0.2) is 0 Å². The van der Waals surface area contributed by atoms with Crippen LogP contribution in [0.15, 0.2) is 36.5 Å². The zero-order chi connectivity index (χ0) is 47.8. The van der Waals surface area contributed by atoms with Gasteiger partial charge in [-0.05, 0) is 44.9 Å². The van der Waals surface area contributed by atoms with Crippen molar-refractivity contribution in [1.82, 2.24) is 5.32 Å². The Morgan fingerprint density at radius 1 is 0.508 bits per heavy atom. The van der Waals surface area contributed by atoms with Crippen LogP contribution < -0.4 is 5.32 Å². The summed E-state index contributed by atoms with van der Waals surface area (Å²) in [5.41, 5.74) is 0. The number of carbonyl (C=O) groups excluding carboxylic acids is 1. The van der Waals surface area contributed by atoms with E-state index in [0.717, 1.165) is 44.9 Å². The number of aliphatic hydroxyl groups is 1. The molecule has 0 aromatic rings. The maximum atomic E-state index is 12.9. The van der Waals surface area contributed by atoms with E-state index in [2.05, 4.69) is 43.5 Å². The molecule has 0 heterocycles. The van der Waals surface area contributed by atoms with Crippen LogP contribution in [0.2, 0.25) is 0 Å². The van der Waals surface area contributed by atoms with Crippen LogP contribution in [0.1, 0.15) is 264 Å². The van der Waals surface area contributed by atoms with E-state index in [0.29, 0.717) is 17.4 Å². The van der Waals surface area contributed by atoms with Gasteiger partial charge in [-0.1, -0.05) is 249 Å². The van der Waals surface area contributed by atoms with Gasteiger partial charge in [0.25, 0.3) is 0 Å². The van der Waals surface area contributed by atoms with Crippen molar-refractivity contribution >= 4 is 13.7 Å². The summed E-state index contributed by atoms with van der Waals surface area (Å²) in [4.78, 5) is 23.2. The number of quaternary nitrogens is 1. The van der Waals surface area contributed by atoms with Gasteiger partial charge < -0.3 is 19.8 Å². The van der Waals surface area contributed by atoms with Gasteiger partial charge in [-0.2, -0.15) is 0 Å². The van der Waals surface area contributed by atoms with E-state index < -0.39 is 20.0 Å². The molecule has 65 heavy (non-hydrogen) atoms. The van der Waals surface area contributed by atoms with Crippen LogP contribution in [0, 0.1) is 0 Å². The van der Waals surface area contributed by atoms with E-state index in [1.807, 2.05) is 27.2 Å². The second kappa shape index (κ2) is 47.8. The number of carbonyl (C=O) groups is 1. The number of phosphoric acid groups is 1. The molecule has 0 bridgehead atoms. The summed E-state index contributed by atoms with van der Waals surface area (Å²) in [6.07, 6.45) is 61.2. The average molecular weight is 938 g/mol. The summed E-state index contributed by atoms with van der Waals surface area (Å²) in [6, 6.07) is -0.866. The van der Waals surface area contributed by atoms with Crippen LogP contribution in [0.25, 0.3) is 0 Å². The molecule has 0 aromatic carbocycles. The topological polar surface area (TPSA) is 105 Å². The fourth-order valence-corrected chi connectivity index (χ4v) is 8.93. The van der Waals surface area contributed by atoms with Crippen molar-refractivity contribution in [2.75, 3.05) is 40.9 Å². The summed E-state index contributed by atoms with van der Waals surface area (Å²) in [5, 5.41) is 13.9. The van der Waals surface area contributed by atoms with Crippen LogP contribution >= 0.6 is 7.82 Å². The minimum Gasteiger partial charge on any atom is -0.387 e. The van der Waals surface area contributed by atoms with Crippen LogP contribution in [0.4, 0.5) is 0 Å². The lowest BCUT2D eigenvalue weighted by atomic mass is 10.0. The number of allylic oxidation sites excluding steroid dienone is 5. The van der Waals surface area contributed by atoms with E-state index in [1.165, 1.54) is 199 Å². The summed E-state index contributed by atoms with van der Waals surface area (Å²) >= 11 is 0. The summed E-state index contributed by atoms with van der Waals surface area (Å²) < 4.78 is 23.6. The van der Waals surface area contributed by atoms with Crippen molar-refractivity contribution in [2.45, 2.75) is 276 Å². The number of likely N-dealkylation sites (N-methyl/N-ethyl adjacent to an activating group) is 1. The zero-order valence-corrected chi connectivity index (χ0v) is 44.6. The molecule has 0 saturated carbocycles. The molecule has 0 aromatic heterocycles. The first-order chi connectivity index (χ1) is 31.5. The summed E-state index contributed by atoms with van der Waals surface area (Å²) in [6.45, 7) is 4.80. The first-order valence-corrected chi connectivity index (χ1v) is 29.4. The molecular weight excluding hydrogens is 828 g/mol. The third-order valence-electron chi connectivity index (χ3n) is 12.6. The van der Waals surface area contributed by atoms with Gasteiger partial charge in [0.1, 0.15) is 13.2 Å². The molecule has 0 radical (unpaired) electrons. The van der Waals surface area contributed by atoms with Gasteiger partial charge >= 0.3 is 7.82 Å². The number of aliphatic hydroxyl groups excluding tert-OH is 1. The Hall–Kier alpha value is -1.28. The molecule has 9 heteroatoms. The van der Waals surface area contributed by atoms with Crippen molar-refractivity contribution in [2.24, 2.45) is 0 Å². The number of nitrogens with zero attached hydrogens (tertiary/aromatic N) is 1. The fourth-order valence-electron chi connectivity index (χ4n) is 8.19. The molecule has 0 rings (SSSR count). The summed E-state index contributed by atoms with van der Waals surface area (Å²) in [5.74, 6) is -0.190. The first kappa shape index (κ1) is 63.7.